The maximum atomic E-state index is 13.4. The number of hydrogen-bond acceptors (Lipinski definition) is 5. The van der Waals surface area contributed by atoms with Crippen molar-refractivity contribution in [2.24, 2.45) is 11.8 Å². The smallest absolute Gasteiger partial charge is 0.338 e. The molecule has 1 amide bonds. The van der Waals surface area contributed by atoms with Crippen LogP contribution in [0.4, 0.5) is 5.69 Å². The van der Waals surface area contributed by atoms with Gasteiger partial charge >= 0.3 is 5.97 Å². The second-order valence-electron chi connectivity index (χ2n) is 9.33. The van der Waals surface area contributed by atoms with Gasteiger partial charge in [-0.2, -0.15) is 0 Å². The monoisotopic (exact) mass is 470 g/mol. The van der Waals surface area contributed by atoms with Crippen LogP contribution in [0.2, 0.25) is 0 Å². The number of benzene rings is 2. The van der Waals surface area contributed by atoms with Gasteiger partial charge in [0, 0.05) is 19.1 Å². The van der Waals surface area contributed by atoms with Crippen LogP contribution in [0.25, 0.3) is 0 Å². The minimum absolute atomic E-state index is 0.0190. The van der Waals surface area contributed by atoms with Crippen molar-refractivity contribution in [3.8, 4) is 0 Å². The van der Waals surface area contributed by atoms with Gasteiger partial charge in [0.25, 0.3) is 15.9 Å². The van der Waals surface area contributed by atoms with Gasteiger partial charge in [0.15, 0.2) is 6.61 Å². The fraction of sp³-hybridized carbons (Fsp3) is 0.440. The number of carbonyl (C=O) groups is 2. The molecule has 0 saturated carbocycles. The van der Waals surface area contributed by atoms with Gasteiger partial charge < -0.3 is 9.64 Å². The first-order valence-electron chi connectivity index (χ1n) is 11.3. The molecule has 7 nitrogen and oxygen atoms in total. The second-order valence-corrected chi connectivity index (χ2v) is 11.1. The SMILES string of the molecule is C[C@@H]1C[C@@H](C)CN(C(=O)COC(=O)c2cccc(S(=O)(=O)N3c4ccccc4C[C@@H]3C)c2)C1. The van der Waals surface area contributed by atoms with E-state index in [1.54, 1.807) is 11.0 Å². The van der Waals surface area contributed by atoms with Crippen LogP contribution in [0.15, 0.2) is 53.4 Å². The predicted octanol–water partition coefficient (Wildman–Crippen LogP) is 3.49. The first kappa shape index (κ1) is 23.3. The van der Waals surface area contributed by atoms with Gasteiger partial charge in [-0.3, -0.25) is 9.10 Å². The van der Waals surface area contributed by atoms with Crippen molar-refractivity contribution < 1.29 is 22.7 Å². The largest absolute Gasteiger partial charge is 0.452 e. The number of carbonyl (C=O) groups excluding carboxylic acids is 2. The molecule has 1 saturated heterocycles. The average molecular weight is 471 g/mol. The standard InChI is InChI=1S/C25H30N2O5S/c1-17-11-18(2)15-26(14-17)24(28)16-32-25(29)21-8-6-9-22(13-21)33(30,31)27-19(3)12-20-7-4-5-10-23(20)27/h4-10,13,17-19H,11-12,14-16H2,1-3H3/t17-,18-,19+/m1/s1. The Hall–Kier alpha value is -2.87. The number of esters is 1. The summed E-state index contributed by atoms with van der Waals surface area (Å²) in [6.07, 6.45) is 1.71. The molecule has 4 rings (SSSR count). The average Bonchev–Trinajstić information content (AvgIpc) is 3.13. The molecule has 0 radical (unpaired) electrons. The molecule has 33 heavy (non-hydrogen) atoms. The van der Waals surface area contributed by atoms with Crippen molar-refractivity contribution >= 4 is 27.6 Å². The Kier molecular flexibility index (Phi) is 6.47. The van der Waals surface area contributed by atoms with E-state index < -0.39 is 16.0 Å². The number of piperidine rings is 1. The summed E-state index contributed by atoms with van der Waals surface area (Å²) in [6.45, 7) is 7.03. The molecule has 2 aliphatic rings. The Morgan fingerprint density at radius 1 is 1.00 bits per heavy atom. The van der Waals surface area contributed by atoms with E-state index in [0.29, 0.717) is 37.0 Å². The summed E-state index contributed by atoms with van der Waals surface area (Å²) in [5, 5.41) is 0. The van der Waals surface area contributed by atoms with Gasteiger partial charge in [-0.15, -0.1) is 0 Å². The Morgan fingerprint density at radius 2 is 1.70 bits per heavy atom. The quantitative estimate of drug-likeness (QED) is 0.625. The van der Waals surface area contributed by atoms with Crippen LogP contribution in [0.5, 0.6) is 0 Å². The van der Waals surface area contributed by atoms with E-state index in [1.807, 2.05) is 25.1 Å². The minimum atomic E-state index is -3.87. The van der Waals surface area contributed by atoms with Gasteiger partial charge in [0.05, 0.1) is 16.1 Å². The summed E-state index contributed by atoms with van der Waals surface area (Å²) < 4.78 is 33.5. The zero-order valence-electron chi connectivity index (χ0n) is 19.2. The van der Waals surface area contributed by atoms with Gasteiger partial charge in [0.2, 0.25) is 0 Å². The molecule has 2 aromatic carbocycles. The van der Waals surface area contributed by atoms with Crippen molar-refractivity contribution in [2.45, 2.75) is 44.6 Å². The van der Waals surface area contributed by atoms with Crippen LogP contribution in [-0.4, -0.2) is 50.9 Å². The molecule has 0 N–H and O–H groups in total. The van der Waals surface area contributed by atoms with Crippen molar-refractivity contribution in [2.75, 3.05) is 24.0 Å². The van der Waals surface area contributed by atoms with E-state index in [4.69, 9.17) is 4.74 Å². The molecule has 0 bridgehead atoms. The maximum Gasteiger partial charge on any atom is 0.338 e. The lowest BCUT2D eigenvalue weighted by Gasteiger charge is -2.34. The van der Waals surface area contributed by atoms with Gasteiger partial charge in [0.1, 0.15) is 0 Å². The number of ether oxygens (including phenoxy) is 1. The van der Waals surface area contributed by atoms with Crippen molar-refractivity contribution in [3.63, 3.8) is 0 Å². The van der Waals surface area contributed by atoms with E-state index in [0.717, 1.165) is 12.0 Å². The van der Waals surface area contributed by atoms with Gasteiger partial charge in [-0.05, 0) is 61.4 Å². The summed E-state index contributed by atoms with van der Waals surface area (Å²) in [5.41, 5.74) is 1.74. The van der Waals surface area contributed by atoms with E-state index in [2.05, 4.69) is 13.8 Å². The van der Waals surface area contributed by atoms with Crippen LogP contribution >= 0.6 is 0 Å². The zero-order chi connectivity index (χ0) is 23.8. The van der Waals surface area contributed by atoms with E-state index >= 15 is 0 Å². The predicted molar refractivity (Wildman–Crippen MR) is 126 cm³/mol. The number of fused-ring (bicyclic) bond motifs is 1. The summed E-state index contributed by atoms with van der Waals surface area (Å²) in [7, 11) is -3.87. The number of likely N-dealkylation sites (tertiary alicyclic amines) is 1. The molecule has 2 heterocycles. The highest BCUT2D eigenvalue weighted by Crippen LogP contribution is 2.36. The van der Waals surface area contributed by atoms with Crippen molar-refractivity contribution in [1.82, 2.24) is 4.90 Å². The van der Waals surface area contributed by atoms with Gasteiger partial charge in [-0.25, -0.2) is 13.2 Å². The number of nitrogens with zero attached hydrogens (tertiary/aromatic N) is 2. The van der Waals surface area contributed by atoms with Crippen LogP contribution in [0.3, 0.4) is 0 Å². The molecule has 2 aliphatic heterocycles. The summed E-state index contributed by atoms with van der Waals surface area (Å²) in [4.78, 5) is 26.9. The molecule has 176 valence electrons. The third-order valence-electron chi connectivity index (χ3n) is 6.32. The molecule has 1 fully saturated rings. The van der Waals surface area contributed by atoms with E-state index in [-0.39, 0.29) is 29.0 Å². The number of sulfonamides is 1. The van der Waals surface area contributed by atoms with E-state index in [1.165, 1.54) is 28.6 Å². The van der Waals surface area contributed by atoms with Crippen LogP contribution in [0, 0.1) is 11.8 Å². The third-order valence-corrected chi connectivity index (χ3v) is 8.24. The lowest BCUT2D eigenvalue weighted by atomic mass is 9.92. The molecule has 0 aromatic heterocycles. The molecule has 8 heteroatoms. The molecule has 0 spiro atoms. The zero-order valence-corrected chi connectivity index (χ0v) is 20.0. The first-order valence-corrected chi connectivity index (χ1v) is 12.8. The highest BCUT2D eigenvalue weighted by Gasteiger charge is 2.36. The number of para-hydroxylation sites is 1. The molecular weight excluding hydrogens is 440 g/mol. The normalized spacial score (nSPS) is 22.7. The van der Waals surface area contributed by atoms with Crippen LogP contribution in [0.1, 0.15) is 43.1 Å². The van der Waals surface area contributed by atoms with Crippen molar-refractivity contribution in [1.29, 1.82) is 0 Å². The van der Waals surface area contributed by atoms with Gasteiger partial charge in [-0.1, -0.05) is 38.1 Å². The van der Waals surface area contributed by atoms with Crippen molar-refractivity contribution in [3.05, 3.63) is 59.7 Å². The lowest BCUT2D eigenvalue weighted by Crippen LogP contribution is -2.44. The molecule has 0 unspecified atom stereocenters. The third kappa shape index (κ3) is 4.76. The second kappa shape index (κ2) is 9.17. The minimum Gasteiger partial charge on any atom is -0.452 e. The number of anilines is 1. The Balaban J connectivity index is 1.47. The van der Waals surface area contributed by atoms with Crippen LogP contribution in [-0.2, 0) is 26.0 Å². The number of rotatable bonds is 5. The Bertz CT molecular complexity index is 1150. The van der Waals surface area contributed by atoms with E-state index in [9.17, 15) is 18.0 Å². The summed E-state index contributed by atoms with van der Waals surface area (Å²) in [5.74, 6) is -0.122. The maximum absolute atomic E-state index is 13.4. The topological polar surface area (TPSA) is 84.0 Å². The molecule has 3 atom stereocenters. The Morgan fingerprint density at radius 3 is 2.42 bits per heavy atom. The summed E-state index contributed by atoms with van der Waals surface area (Å²) in [6, 6.07) is 13.0. The molecular formula is C25H30N2O5S. The highest BCUT2D eigenvalue weighted by molar-refractivity contribution is 7.92. The Labute approximate surface area is 195 Å². The fourth-order valence-corrected chi connectivity index (χ4v) is 6.71. The molecule has 0 aliphatic carbocycles. The van der Waals surface area contributed by atoms with Crippen LogP contribution < -0.4 is 4.31 Å². The molecule has 2 aromatic rings. The number of hydrogen-bond donors (Lipinski definition) is 0. The lowest BCUT2D eigenvalue weighted by molar-refractivity contribution is -0.137. The first-order chi connectivity index (χ1) is 15.7. The highest BCUT2D eigenvalue weighted by atomic mass is 32.2. The fourth-order valence-electron chi connectivity index (χ4n) is 4.97. The number of amides is 1. The summed E-state index contributed by atoms with van der Waals surface area (Å²) >= 11 is 0.